The zero-order valence-corrected chi connectivity index (χ0v) is 11.5. The number of hydrogen-bond acceptors (Lipinski definition) is 4. The van der Waals surface area contributed by atoms with Gasteiger partial charge in [0.05, 0.1) is 16.6 Å². The molecule has 0 amide bonds. The monoisotopic (exact) mass is 290 g/mol. The van der Waals surface area contributed by atoms with Crippen LogP contribution in [0.3, 0.4) is 0 Å². The molecule has 0 unspecified atom stereocenters. The fraction of sp³-hybridized carbons (Fsp3) is 0.0714. The van der Waals surface area contributed by atoms with Crippen LogP contribution in [0.1, 0.15) is 15.9 Å². The average molecular weight is 290 g/mol. The van der Waals surface area contributed by atoms with Crippen molar-refractivity contribution in [1.29, 1.82) is 0 Å². The molecule has 0 spiro atoms. The highest BCUT2D eigenvalue weighted by atomic mass is 32.2. The molecular formula is C14H12NO4S-. The van der Waals surface area contributed by atoms with Gasteiger partial charge in [-0.3, -0.25) is 4.72 Å². The molecule has 6 heteroatoms. The molecule has 20 heavy (non-hydrogen) atoms. The summed E-state index contributed by atoms with van der Waals surface area (Å²) in [6.45, 7) is 1.68. The van der Waals surface area contributed by atoms with E-state index in [2.05, 4.69) is 4.72 Å². The van der Waals surface area contributed by atoms with Crippen molar-refractivity contribution in [2.24, 2.45) is 0 Å². The van der Waals surface area contributed by atoms with E-state index in [9.17, 15) is 18.3 Å². The second-order valence-electron chi connectivity index (χ2n) is 4.24. The van der Waals surface area contributed by atoms with Gasteiger partial charge in [0.1, 0.15) is 0 Å². The molecule has 0 aliphatic rings. The summed E-state index contributed by atoms with van der Waals surface area (Å²) in [5, 5.41) is 10.8. The van der Waals surface area contributed by atoms with Crippen LogP contribution >= 0.6 is 0 Å². The number of aromatic carboxylic acids is 1. The van der Waals surface area contributed by atoms with Crippen molar-refractivity contribution in [2.45, 2.75) is 11.8 Å². The third-order valence-electron chi connectivity index (χ3n) is 2.77. The molecule has 0 bridgehead atoms. The molecule has 2 rings (SSSR count). The van der Waals surface area contributed by atoms with E-state index < -0.39 is 16.0 Å². The van der Waals surface area contributed by atoms with Gasteiger partial charge in [0.2, 0.25) is 0 Å². The molecule has 2 aromatic carbocycles. The summed E-state index contributed by atoms with van der Waals surface area (Å²) in [6.07, 6.45) is 0. The molecule has 104 valence electrons. The zero-order chi connectivity index (χ0) is 14.8. The lowest BCUT2D eigenvalue weighted by Crippen LogP contribution is -2.22. The number of anilines is 1. The van der Waals surface area contributed by atoms with Crippen LogP contribution in [0.5, 0.6) is 0 Å². The first-order valence-electron chi connectivity index (χ1n) is 5.80. The number of sulfonamides is 1. The molecule has 2 aromatic rings. The van der Waals surface area contributed by atoms with E-state index in [0.717, 1.165) is 0 Å². The zero-order valence-electron chi connectivity index (χ0n) is 10.7. The Hall–Kier alpha value is -2.34. The predicted molar refractivity (Wildman–Crippen MR) is 72.8 cm³/mol. The van der Waals surface area contributed by atoms with Gasteiger partial charge >= 0.3 is 0 Å². The number of nitrogens with one attached hydrogen (secondary N) is 1. The minimum atomic E-state index is -3.74. The molecule has 0 aliphatic carbocycles. The van der Waals surface area contributed by atoms with E-state index >= 15 is 0 Å². The van der Waals surface area contributed by atoms with Gasteiger partial charge in [0.15, 0.2) is 0 Å². The maximum absolute atomic E-state index is 12.2. The second kappa shape index (κ2) is 5.34. The lowest BCUT2D eigenvalue weighted by atomic mass is 10.1. The van der Waals surface area contributed by atoms with Gasteiger partial charge in [-0.25, -0.2) is 8.42 Å². The van der Waals surface area contributed by atoms with Gasteiger partial charge in [0.25, 0.3) is 10.0 Å². The molecule has 0 saturated carbocycles. The van der Waals surface area contributed by atoms with E-state index in [1.54, 1.807) is 25.1 Å². The van der Waals surface area contributed by atoms with E-state index in [1.165, 1.54) is 30.3 Å². The fourth-order valence-electron chi connectivity index (χ4n) is 1.66. The van der Waals surface area contributed by atoms with Gasteiger partial charge in [0, 0.05) is 0 Å². The number of aryl methyl sites for hydroxylation is 1. The number of benzene rings is 2. The van der Waals surface area contributed by atoms with Crippen molar-refractivity contribution in [1.82, 2.24) is 0 Å². The van der Waals surface area contributed by atoms with Crippen LogP contribution in [0.15, 0.2) is 53.4 Å². The van der Waals surface area contributed by atoms with Crippen LogP contribution in [0.2, 0.25) is 0 Å². The number of carboxylic acids is 1. The summed E-state index contributed by atoms with van der Waals surface area (Å²) in [5.74, 6) is -1.36. The van der Waals surface area contributed by atoms with E-state index in [0.29, 0.717) is 5.56 Å². The van der Waals surface area contributed by atoms with E-state index in [1.807, 2.05) is 0 Å². The molecule has 5 nitrogen and oxygen atoms in total. The first-order chi connectivity index (χ1) is 9.40. The number of hydrogen-bond donors (Lipinski definition) is 1. The third-order valence-corrected chi connectivity index (χ3v) is 4.15. The highest BCUT2D eigenvalue weighted by molar-refractivity contribution is 7.92. The predicted octanol–water partition coefficient (Wildman–Crippen LogP) is 1.16. The third kappa shape index (κ3) is 2.97. The molecule has 0 atom stereocenters. The maximum Gasteiger partial charge on any atom is 0.261 e. The molecule has 0 heterocycles. The summed E-state index contributed by atoms with van der Waals surface area (Å²) in [5.41, 5.74) is 0.756. The second-order valence-corrected chi connectivity index (χ2v) is 5.92. The maximum atomic E-state index is 12.2. The first kappa shape index (κ1) is 14.1. The number of rotatable bonds is 4. The van der Waals surface area contributed by atoms with Crippen LogP contribution in [-0.4, -0.2) is 14.4 Å². The Morgan fingerprint density at radius 2 is 1.75 bits per heavy atom. The van der Waals surface area contributed by atoms with Crippen molar-refractivity contribution >= 4 is 21.7 Å². The molecule has 0 radical (unpaired) electrons. The summed E-state index contributed by atoms with van der Waals surface area (Å²) < 4.78 is 26.7. The Labute approximate surface area is 116 Å². The standard InChI is InChI=1S/C14H13NO4S/c1-10-7-8-11(14(16)17)9-13(10)15-20(18,19)12-5-3-2-4-6-12/h2-9,15H,1H3,(H,16,17)/p-1. The topological polar surface area (TPSA) is 86.3 Å². The first-order valence-corrected chi connectivity index (χ1v) is 7.28. The quantitative estimate of drug-likeness (QED) is 0.915. The highest BCUT2D eigenvalue weighted by Gasteiger charge is 2.14. The van der Waals surface area contributed by atoms with Gasteiger partial charge in [-0.1, -0.05) is 30.3 Å². The van der Waals surface area contributed by atoms with Crippen molar-refractivity contribution in [3.63, 3.8) is 0 Å². The van der Waals surface area contributed by atoms with Crippen molar-refractivity contribution < 1.29 is 18.3 Å². The van der Waals surface area contributed by atoms with E-state index in [-0.39, 0.29) is 16.1 Å². The Kier molecular flexibility index (Phi) is 3.76. The molecule has 0 saturated heterocycles. The van der Waals surface area contributed by atoms with Crippen molar-refractivity contribution in [3.8, 4) is 0 Å². The normalized spacial score (nSPS) is 11.1. The van der Waals surface area contributed by atoms with Crippen molar-refractivity contribution in [3.05, 3.63) is 59.7 Å². The van der Waals surface area contributed by atoms with Crippen LogP contribution in [0.4, 0.5) is 5.69 Å². The summed E-state index contributed by atoms with van der Waals surface area (Å²) >= 11 is 0. The highest BCUT2D eigenvalue weighted by Crippen LogP contribution is 2.21. The molecule has 1 N–H and O–H groups in total. The summed E-state index contributed by atoms with van der Waals surface area (Å²) in [7, 11) is -3.74. The number of carboxylic acid groups (broad SMARTS) is 1. The Balaban J connectivity index is 2.39. The lowest BCUT2D eigenvalue weighted by Gasteiger charge is -2.12. The molecule has 0 fully saturated rings. The van der Waals surface area contributed by atoms with Gasteiger partial charge < -0.3 is 9.90 Å². The fourth-order valence-corrected chi connectivity index (χ4v) is 2.80. The molecular weight excluding hydrogens is 278 g/mol. The molecule has 0 aromatic heterocycles. The molecule has 0 aliphatic heterocycles. The summed E-state index contributed by atoms with van der Waals surface area (Å²) in [4.78, 5) is 10.9. The van der Waals surface area contributed by atoms with Crippen LogP contribution in [0.25, 0.3) is 0 Å². The van der Waals surface area contributed by atoms with Gasteiger partial charge in [-0.15, -0.1) is 0 Å². The lowest BCUT2D eigenvalue weighted by molar-refractivity contribution is -0.255. The SMILES string of the molecule is Cc1ccc(C(=O)[O-])cc1NS(=O)(=O)c1ccccc1. The average Bonchev–Trinajstić information content (AvgIpc) is 2.42. The van der Waals surface area contributed by atoms with Crippen LogP contribution in [0, 0.1) is 6.92 Å². The number of carbonyl (C=O) groups is 1. The van der Waals surface area contributed by atoms with Gasteiger partial charge in [-0.05, 0) is 36.2 Å². The Morgan fingerprint density at radius 3 is 2.35 bits per heavy atom. The smallest absolute Gasteiger partial charge is 0.261 e. The minimum absolute atomic E-state index is 0.0821. The summed E-state index contributed by atoms with van der Waals surface area (Å²) in [6, 6.07) is 12.0. The minimum Gasteiger partial charge on any atom is -0.545 e. The Morgan fingerprint density at radius 1 is 1.10 bits per heavy atom. The van der Waals surface area contributed by atoms with Crippen LogP contribution in [-0.2, 0) is 10.0 Å². The van der Waals surface area contributed by atoms with Gasteiger partial charge in [-0.2, -0.15) is 0 Å². The Bertz CT molecular complexity index is 739. The largest absolute Gasteiger partial charge is 0.545 e. The number of carbonyl (C=O) groups excluding carboxylic acids is 1. The van der Waals surface area contributed by atoms with E-state index in [4.69, 9.17) is 0 Å². The van der Waals surface area contributed by atoms with Crippen LogP contribution < -0.4 is 9.83 Å². The van der Waals surface area contributed by atoms with Crippen molar-refractivity contribution in [2.75, 3.05) is 4.72 Å².